The van der Waals surface area contributed by atoms with E-state index in [2.05, 4.69) is 34.5 Å². The zero-order valence-electron chi connectivity index (χ0n) is 15.5. The molecular formula is C22H24N2O3. The molecular weight excluding hydrogens is 340 g/mol. The summed E-state index contributed by atoms with van der Waals surface area (Å²) >= 11 is 0. The van der Waals surface area contributed by atoms with E-state index in [1.807, 2.05) is 30.3 Å². The smallest absolute Gasteiger partial charge is 0.287 e. The van der Waals surface area contributed by atoms with E-state index in [1.165, 1.54) is 5.56 Å². The van der Waals surface area contributed by atoms with Gasteiger partial charge >= 0.3 is 0 Å². The van der Waals surface area contributed by atoms with Crippen molar-refractivity contribution < 1.29 is 13.9 Å². The minimum absolute atomic E-state index is 0.129. The summed E-state index contributed by atoms with van der Waals surface area (Å²) in [7, 11) is 1.63. The minimum atomic E-state index is -0.162. The number of carbonyl (C=O) groups is 1. The molecule has 1 aliphatic rings. The van der Waals surface area contributed by atoms with Crippen molar-refractivity contribution in [2.75, 3.05) is 20.2 Å². The van der Waals surface area contributed by atoms with Crippen LogP contribution in [0.2, 0.25) is 0 Å². The zero-order valence-corrected chi connectivity index (χ0v) is 15.5. The van der Waals surface area contributed by atoms with Gasteiger partial charge in [-0.3, -0.25) is 9.69 Å². The van der Waals surface area contributed by atoms with Crippen molar-refractivity contribution >= 4 is 16.9 Å². The molecule has 3 aromatic rings. The van der Waals surface area contributed by atoms with Crippen LogP contribution in [0.4, 0.5) is 0 Å². The van der Waals surface area contributed by atoms with Crippen molar-refractivity contribution in [2.24, 2.45) is 0 Å². The molecule has 5 nitrogen and oxygen atoms in total. The molecule has 0 aliphatic carbocycles. The molecule has 1 unspecified atom stereocenters. The number of carbonyl (C=O) groups excluding carboxylic acids is 1. The van der Waals surface area contributed by atoms with Crippen LogP contribution in [0.15, 0.2) is 59.0 Å². The maximum absolute atomic E-state index is 12.9. The van der Waals surface area contributed by atoms with Gasteiger partial charge in [0.05, 0.1) is 6.61 Å². The number of nitrogens with zero attached hydrogens (tertiary/aromatic N) is 1. The number of fused-ring (bicyclic) bond motifs is 1. The van der Waals surface area contributed by atoms with Gasteiger partial charge in [0.15, 0.2) is 5.76 Å². The molecule has 2 aromatic carbocycles. The molecule has 140 valence electrons. The van der Waals surface area contributed by atoms with Crippen molar-refractivity contribution in [3.63, 3.8) is 0 Å². The Morgan fingerprint density at radius 1 is 1.19 bits per heavy atom. The van der Waals surface area contributed by atoms with Gasteiger partial charge < -0.3 is 14.5 Å². The Kier molecular flexibility index (Phi) is 5.23. The predicted molar refractivity (Wildman–Crippen MR) is 105 cm³/mol. The van der Waals surface area contributed by atoms with E-state index in [9.17, 15) is 4.79 Å². The molecule has 1 aliphatic heterocycles. The Hall–Kier alpha value is -2.63. The third-order valence-electron chi connectivity index (χ3n) is 5.05. The summed E-state index contributed by atoms with van der Waals surface area (Å²) < 4.78 is 11.1. The third-order valence-corrected chi connectivity index (χ3v) is 5.05. The normalized spacial score (nSPS) is 17.4. The highest BCUT2D eigenvalue weighted by molar-refractivity contribution is 5.99. The number of hydrogen-bond acceptors (Lipinski definition) is 4. The van der Waals surface area contributed by atoms with Gasteiger partial charge in [-0.1, -0.05) is 48.5 Å². The summed E-state index contributed by atoms with van der Waals surface area (Å²) in [5.74, 6) is 0.198. The van der Waals surface area contributed by atoms with E-state index in [0.29, 0.717) is 18.0 Å². The molecule has 1 aromatic heterocycles. The first-order valence-corrected chi connectivity index (χ1v) is 9.31. The lowest BCUT2D eigenvalue weighted by atomic mass is 10.1. The van der Waals surface area contributed by atoms with Crippen LogP contribution < -0.4 is 5.32 Å². The number of benzene rings is 2. The van der Waals surface area contributed by atoms with Gasteiger partial charge in [-0.15, -0.1) is 0 Å². The molecule has 1 fully saturated rings. The van der Waals surface area contributed by atoms with E-state index in [0.717, 1.165) is 37.0 Å². The van der Waals surface area contributed by atoms with E-state index in [-0.39, 0.29) is 11.9 Å². The molecule has 0 bridgehead atoms. The summed E-state index contributed by atoms with van der Waals surface area (Å²) in [4.78, 5) is 15.2. The van der Waals surface area contributed by atoms with Crippen molar-refractivity contribution in [2.45, 2.75) is 25.6 Å². The Morgan fingerprint density at radius 2 is 1.96 bits per heavy atom. The molecule has 4 rings (SSSR count). The van der Waals surface area contributed by atoms with Gasteiger partial charge in [-0.25, -0.2) is 0 Å². The maximum Gasteiger partial charge on any atom is 0.287 e. The number of likely N-dealkylation sites (tertiary alicyclic amines) is 1. The molecule has 0 radical (unpaired) electrons. The Balaban J connectivity index is 1.44. The fourth-order valence-corrected chi connectivity index (χ4v) is 3.76. The Labute approximate surface area is 158 Å². The van der Waals surface area contributed by atoms with Gasteiger partial charge in [-0.05, 0) is 18.1 Å². The lowest BCUT2D eigenvalue weighted by Gasteiger charge is -2.16. The lowest BCUT2D eigenvalue weighted by Crippen LogP contribution is -2.37. The number of rotatable bonds is 6. The second-order valence-corrected chi connectivity index (χ2v) is 7.02. The number of para-hydroxylation sites is 1. The number of furan rings is 1. The number of nitrogens with one attached hydrogen (secondary N) is 1. The molecule has 1 atom stereocenters. The van der Waals surface area contributed by atoms with Crippen molar-refractivity contribution in [3.8, 4) is 0 Å². The fraction of sp³-hybridized carbons (Fsp3) is 0.318. The van der Waals surface area contributed by atoms with Crippen LogP contribution in [0, 0.1) is 0 Å². The highest BCUT2D eigenvalue weighted by Crippen LogP contribution is 2.27. The van der Waals surface area contributed by atoms with Crippen LogP contribution in [-0.2, 0) is 17.9 Å². The minimum Gasteiger partial charge on any atom is -0.451 e. The number of hydrogen-bond donors (Lipinski definition) is 1. The molecule has 2 heterocycles. The van der Waals surface area contributed by atoms with Crippen LogP contribution in [0.3, 0.4) is 0 Å². The first kappa shape index (κ1) is 17.8. The van der Waals surface area contributed by atoms with Crippen LogP contribution in [-0.4, -0.2) is 37.0 Å². The van der Waals surface area contributed by atoms with Crippen molar-refractivity contribution in [1.29, 1.82) is 0 Å². The first-order chi connectivity index (χ1) is 13.2. The fourth-order valence-electron chi connectivity index (χ4n) is 3.76. The molecule has 0 saturated carbocycles. The average Bonchev–Trinajstić information content (AvgIpc) is 3.28. The maximum atomic E-state index is 12.9. The second kappa shape index (κ2) is 7.94. The predicted octanol–water partition coefficient (Wildman–Crippen LogP) is 3.58. The monoisotopic (exact) mass is 364 g/mol. The zero-order chi connectivity index (χ0) is 18.6. The molecule has 1 N–H and O–H groups in total. The van der Waals surface area contributed by atoms with Gasteiger partial charge in [-0.2, -0.15) is 0 Å². The van der Waals surface area contributed by atoms with Crippen molar-refractivity contribution in [1.82, 2.24) is 10.2 Å². The highest BCUT2D eigenvalue weighted by Gasteiger charge is 2.27. The van der Waals surface area contributed by atoms with Crippen LogP contribution in [0.5, 0.6) is 0 Å². The quantitative estimate of drug-likeness (QED) is 0.726. The standard InChI is InChI=1S/C22H24N2O3/c1-26-15-19-18-9-5-6-10-20(18)27-21(19)22(25)23-17-11-12-24(14-17)13-16-7-3-2-4-8-16/h2-10,17H,11-15H2,1H3,(H,23,25). The Morgan fingerprint density at radius 3 is 2.78 bits per heavy atom. The molecule has 27 heavy (non-hydrogen) atoms. The van der Waals surface area contributed by atoms with E-state index in [4.69, 9.17) is 9.15 Å². The van der Waals surface area contributed by atoms with Gasteiger partial charge in [0, 0.05) is 43.7 Å². The lowest BCUT2D eigenvalue weighted by molar-refractivity contribution is 0.0905. The Bertz CT molecular complexity index is 920. The van der Waals surface area contributed by atoms with Crippen LogP contribution >= 0.6 is 0 Å². The van der Waals surface area contributed by atoms with E-state index < -0.39 is 0 Å². The van der Waals surface area contributed by atoms with Gasteiger partial charge in [0.2, 0.25) is 0 Å². The summed E-state index contributed by atoms with van der Waals surface area (Å²) in [6.07, 6.45) is 0.943. The average molecular weight is 364 g/mol. The van der Waals surface area contributed by atoms with Gasteiger partial charge in [0.25, 0.3) is 5.91 Å². The first-order valence-electron chi connectivity index (χ1n) is 9.31. The molecule has 0 spiro atoms. The SMILES string of the molecule is COCc1c(C(=O)NC2CCN(Cc3ccccc3)C2)oc2ccccc12. The second-order valence-electron chi connectivity index (χ2n) is 7.02. The van der Waals surface area contributed by atoms with Gasteiger partial charge in [0.1, 0.15) is 5.58 Å². The molecule has 5 heteroatoms. The highest BCUT2D eigenvalue weighted by atomic mass is 16.5. The topological polar surface area (TPSA) is 54.7 Å². The molecule has 1 amide bonds. The van der Waals surface area contributed by atoms with Crippen LogP contribution in [0.1, 0.15) is 28.1 Å². The summed E-state index contributed by atoms with van der Waals surface area (Å²) in [6.45, 7) is 3.09. The van der Waals surface area contributed by atoms with Crippen LogP contribution in [0.25, 0.3) is 11.0 Å². The van der Waals surface area contributed by atoms with E-state index >= 15 is 0 Å². The third kappa shape index (κ3) is 3.89. The largest absolute Gasteiger partial charge is 0.451 e. The summed E-state index contributed by atoms with van der Waals surface area (Å²) in [6, 6.07) is 18.2. The summed E-state index contributed by atoms with van der Waals surface area (Å²) in [5.41, 5.74) is 2.82. The summed E-state index contributed by atoms with van der Waals surface area (Å²) in [5, 5.41) is 4.07. The number of ether oxygens (including phenoxy) is 1. The van der Waals surface area contributed by atoms with E-state index in [1.54, 1.807) is 7.11 Å². The number of methoxy groups -OCH3 is 1. The molecule has 1 saturated heterocycles. The van der Waals surface area contributed by atoms with Crippen molar-refractivity contribution in [3.05, 3.63) is 71.5 Å². The number of amides is 1.